The number of nitrogens with one attached hydrogen (secondary N) is 2. The lowest BCUT2D eigenvalue weighted by Gasteiger charge is -2.27. The number of ether oxygens (including phenoxy) is 1. The molecule has 124 valence electrons. The Labute approximate surface area is 140 Å². The van der Waals surface area contributed by atoms with Crippen LogP contribution in [-0.2, 0) is 9.53 Å². The first kappa shape index (κ1) is 18.8. The van der Waals surface area contributed by atoms with Gasteiger partial charge in [0.25, 0.3) is 0 Å². The number of carbonyl (C=O) groups excluding carboxylic acids is 2. The van der Waals surface area contributed by atoms with Crippen LogP contribution in [0.15, 0.2) is 18.2 Å². The van der Waals surface area contributed by atoms with Crippen LogP contribution in [0.5, 0.6) is 0 Å². The van der Waals surface area contributed by atoms with Crippen LogP contribution in [0.2, 0.25) is 5.02 Å². The third-order valence-corrected chi connectivity index (χ3v) is 3.94. The van der Waals surface area contributed by atoms with Crippen molar-refractivity contribution in [3.63, 3.8) is 0 Å². The fraction of sp³-hybridized carbons (Fsp3) is 0.438. The number of rotatable bonds is 6. The van der Waals surface area contributed by atoms with Crippen molar-refractivity contribution in [2.75, 3.05) is 19.0 Å². The SMILES string of the molecule is COC(=O)c1cc(NCC(=O)N[C@](C)(C#N)C(C)C)ccc1Cl. The summed E-state index contributed by atoms with van der Waals surface area (Å²) in [6.07, 6.45) is 0. The minimum absolute atomic E-state index is 0.0297. The highest BCUT2D eigenvalue weighted by Crippen LogP contribution is 2.21. The molecule has 0 saturated carbocycles. The summed E-state index contributed by atoms with van der Waals surface area (Å²) in [6.45, 7) is 5.36. The Hall–Kier alpha value is -2.26. The Balaban J connectivity index is 2.74. The van der Waals surface area contributed by atoms with Gasteiger partial charge in [0, 0.05) is 5.69 Å². The minimum Gasteiger partial charge on any atom is -0.465 e. The molecule has 1 aromatic rings. The van der Waals surface area contributed by atoms with E-state index in [1.165, 1.54) is 13.2 Å². The summed E-state index contributed by atoms with van der Waals surface area (Å²) in [6, 6.07) is 6.81. The van der Waals surface area contributed by atoms with Gasteiger partial charge in [0.2, 0.25) is 5.91 Å². The third kappa shape index (κ3) is 4.86. The summed E-state index contributed by atoms with van der Waals surface area (Å²) in [4.78, 5) is 23.6. The van der Waals surface area contributed by atoms with E-state index >= 15 is 0 Å². The highest BCUT2D eigenvalue weighted by atomic mass is 35.5. The Morgan fingerprint density at radius 2 is 2.09 bits per heavy atom. The van der Waals surface area contributed by atoms with Crippen LogP contribution >= 0.6 is 11.6 Å². The number of nitrogens with zero attached hydrogens (tertiary/aromatic N) is 1. The van der Waals surface area contributed by atoms with E-state index in [0.717, 1.165) is 0 Å². The van der Waals surface area contributed by atoms with Crippen LogP contribution in [0, 0.1) is 17.2 Å². The van der Waals surface area contributed by atoms with Crippen molar-refractivity contribution < 1.29 is 14.3 Å². The van der Waals surface area contributed by atoms with Gasteiger partial charge in [-0.25, -0.2) is 4.79 Å². The van der Waals surface area contributed by atoms with Crippen LogP contribution in [0.25, 0.3) is 0 Å². The molecule has 6 nitrogen and oxygen atoms in total. The van der Waals surface area contributed by atoms with E-state index in [0.29, 0.717) is 5.69 Å². The number of anilines is 1. The number of carbonyl (C=O) groups is 2. The summed E-state index contributed by atoms with van der Waals surface area (Å²) in [7, 11) is 1.26. The van der Waals surface area contributed by atoms with Crippen molar-refractivity contribution in [1.82, 2.24) is 5.32 Å². The fourth-order valence-corrected chi connectivity index (χ4v) is 1.91. The van der Waals surface area contributed by atoms with E-state index in [4.69, 9.17) is 11.6 Å². The standard InChI is InChI=1S/C16H20ClN3O3/c1-10(2)16(3,9-18)20-14(21)8-19-11-5-6-13(17)12(7-11)15(22)23-4/h5-7,10,19H,8H2,1-4H3,(H,20,21)/t16-/m1/s1. The molecule has 0 bridgehead atoms. The van der Waals surface area contributed by atoms with Gasteiger partial charge in [-0.2, -0.15) is 5.26 Å². The average molecular weight is 338 g/mol. The Morgan fingerprint density at radius 1 is 1.43 bits per heavy atom. The van der Waals surface area contributed by atoms with Gasteiger partial charge in [-0.15, -0.1) is 0 Å². The summed E-state index contributed by atoms with van der Waals surface area (Å²) in [5, 5.41) is 15.0. The van der Waals surface area contributed by atoms with Crippen LogP contribution in [0.1, 0.15) is 31.1 Å². The second-order valence-electron chi connectivity index (χ2n) is 5.56. The van der Waals surface area contributed by atoms with E-state index in [1.807, 2.05) is 13.8 Å². The number of esters is 1. The van der Waals surface area contributed by atoms with Crippen LogP contribution in [0.3, 0.4) is 0 Å². The molecule has 1 atom stereocenters. The molecule has 1 rings (SSSR count). The van der Waals surface area contributed by atoms with Gasteiger partial charge in [-0.05, 0) is 31.0 Å². The van der Waals surface area contributed by atoms with Gasteiger partial charge < -0.3 is 15.4 Å². The van der Waals surface area contributed by atoms with Gasteiger partial charge >= 0.3 is 5.97 Å². The molecule has 1 aromatic carbocycles. The predicted molar refractivity (Wildman–Crippen MR) is 88.3 cm³/mol. The lowest BCUT2D eigenvalue weighted by Crippen LogP contribution is -2.50. The number of amides is 1. The molecule has 0 radical (unpaired) electrons. The van der Waals surface area contributed by atoms with Crippen LogP contribution in [0.4, 0.5) is 5.69 Å². The number of nitriles is 1. The smallest absolute Gasteiger partial charge is 0.339 e. The summed E-state index contributed by atoms with van der Waals surface area (Å²) in [5.41, 5.74) is -0.174. The molecule has 0 aliphatic carbocycles. The van der Waals surface area contributed by atoms with Gasteiger partial charge in [0.15, 0.2) is 0 Å². The largest absolute Gasteiger partial charge is 0.465 e. The average Bonchev–Trinajstić information content (AvgIpc) is 2.52. The van der Waals surface area contributed by atoms with Crippen molar-refractivity contribution in [2.24, 2.45) is 5.92 Å². The monoisotopic (exact) mass is 337 g/mol. The molecule has 0 saturated heterocycles. The van der Waals surface area contributed by atoms with E-state index in [1.54, 1.807) is 19.1 Å². The second kappa shape index (κ2) is 7.84. The Morgan fingerprint density at radius 3 is 2.61 bits per heavy atom. The number of hydrogen-bond donors (Lipinski definition) is 2. The highest BCUT2D eigenvalue weighted by Gasteiger charge is 2.29. The van der Waals surface area contributed by atoms with Crippen molar-refractivity contribution in [3.8, 4) is 6.07 Å². The van der Waals surface area contributed by atoms with Gasteiger partial charge in [0.05, 0.1) is 30.3 Å². The zero-order chi connectivity index (χ0) is 17.6. The molecule has 0 aliphatic heterocycles. The number of hydrogen-bond acceptors (Lipinski definition) is 5. The topological polar surface area (TPSA) is 91.2 Å². The maximum Gasteiger partial charge on any atom is 0.339 e. The minimum atomic E-state index is -0.935. The van der Waals surface area contributed by atoms with Gasteiger partial charge in [-0.3, -0.25) is 4.79 Å². The molecule has 0 fully saturated rings. The summed E-state index contributed by atoms with van der Waals surface area (Å²) >= 11 is 5.93. The lowest BCUT2D eigenvalue weighted by atomic mass is 9.90. The quantitative estimate of drug-likeness (QED) is 0.778. The number of halogens is 1. The normalized spacial score (nSPS) is 12.9. The molecular formula is C16H20ClN3O3. The van der Waals surface area contributed by atoms with Crippen LogP contribution in [-0.4, -0.2) is 31.1 Å². The molecule has 2 N–H and O–H groups in total. The Bertz CT molecular complexity index is 640. The molecular weight excluding hydrogens is 318 g/mol. The molecule has 1 amide bonds. The highest BCUT2D eigenvalue weighted by molar-refractivity contribution is 6.33. The first-order valence-corrected chi connectivity index (χ1v) is 7.45. The number of methoxy groups -OCH3 is 1. The van der Waals surface area contributed by atoms with Crippen LogP contribution < -0.4 is 10.6 Å². The lowest BCUT2D eigenvalue weighted by molar-refractivity contribution is -0.121. The van der Waals surface area contributed by atoms with Gasteiger partial charge in [-0.1, -0.05) is 25.4 Å². The summed E-state index contributed by atoms with van der Waals surface area (Å²) in [5.74, 6) is -0.907. The van der Waals surface area contributed by atoms with E-state index in [-0.39, 0.29) is 29.0 Å². The first-order chi connectivity index (χ1) is 10.7. The second-order valence-corrected chi connectivity index (χ2v) is 5.96. The summed E-state index contributed by atoms with van der Waals surface area (Å²) < 4.78 is 4.64. The zero-order valence-corrected chi connectivity index (χ0v) is 14.3. The zero-order valence-electron chi connectivity index (χ0n) is 13.6. The van der Waals surface area contributed by atoms with E-state index in [9.17, 15) is 14.9 Å². The maximum absolute atomic E-state index is 12.0. The molecule has 0 unspecified atom stereocenters. The molecule has 23 heavy (non-hydrogen) atoms. The predicted octanol–water partition coefficient (Wildman–Crippen LogP) is 2.59. The van der Waals surface area contributed by atoms with Crippen molar-refractivity contribution in [2.45, 2.75) is 26.3 Å². The maximum atomic E-state index is 12.0. The molecule has 7 heteroatoms. The molecule has 0 spiro atoms. The van der Waals surface area contributed by atoms with Crippen molar-refractivity contribution in [1.29, 1.82) is 5.26 Å². The van der Waals surface area contributed by atoms with Gasteiger partial charge in [0.1, 0.15) is 5.54 Å². The first-order valence-electron chi connectivity index (χ1n) is 7.07. The third-order valence-electron chi connectivity index (χ3n) is 3.61. The molecule has 0 aromatic heterocycles. The van der Waals surface area contributed by atoms with E-state index in [2.05, 4.69) is 21.4 Å². The molecule has 0 aliphatic rings. The van der Waals surface area contributed by atoms with E-state index < -0.39 is 11.5 Å². The molecule has 0 heterocycles. The van der Waals surface area contributed by atoms with Crippen molar-refractivity contribution in [3.05, 3.63) is 28.8 Å². The van der Waals surface area contributed by atoms with Crippen molar-refractivity contribution >= 4 is 29.2 Å². The fourth-order valence-electron chi connectivity index (χ4n) is 1.72. The number of benzene rings is 1. The Kier molecular flexibility index (Phi) is 6.40.